The molecule has 0 aliphatic rings. The van der Waals surface area contributed by atoms with Gasteiger partial charge in [0, 0.05) is 19.3 Å². The van der Waals surface area contributed by atoms with E-state index in [9.17, 15) is 14.4 Å². The predicted octanol–water partition coefficient (Wildman–Crippen LogP) is 15.0. The van der Waals surface area contributed by atoms with Gasteiger partial charge in [0.25, 0.3) is 0 Å². The van der Waals surface area contributed by atoms with E-state index in [4.69, 9.17) is 14.2 Å². The minimum Gasteiger partial charge on any atom is -0.462 e. The highest BCUT2D eigenvalue weighted by Crippen LogP contribution is 2.17. The molecule has 0 amide bonds. The van der Waals surface area contributed by atoms with E-state index in [0.717, 1.165) is 69.6 Å². The van der Waals surface area contributed by atoms with E-state index in [0.29, 0.717) is 19.3 Å². The van der Waals surface area contributed by atoms with E-state index in [1.165, 1.54) is 148 Å². The number of unbranched alkanes of at least 4 members (excludes halogenated alkanes) is 27. The van der Waals surface area contributed by atoms with Gasteiger partial charge >= 0.3 is 17.9 Å². The van der Waals surface area contributed by atoms with Crippen LogP contribution in [0.1, 0.15) is 259 Å². The van der Waals surface area contributed by atoms with Gasteiger partial charge in [0.2, 0.25) is 0 Å². The van der Waals surface area contributed by atoms with Gasteiger partial charge in [0.1, 0.15) is 13.2 Å². The fraction of sp³-hybridized carbons (Fsp3) is 0.938. The van der Waals surface area contributed by atoms with Crippen molar-refractivity contribution < 1.29 is 28.6 Å². The molecule has 0 rings (SSSR count). The second kappa shape index (κ2) is 41.1. The molecule has 1 atom stereocenters. The standard InChI is InChI=1S/C48H92O6/c1-6-7-8-9-10-11-18-23-28-33-38-46(49)52-41-45(42-53-47(50)39-34-29-24-20-15-17-22-27-32-37-44(4)5)54-48(51)40-35-30-25-19-14-12-13-16-21-26-31-36-43(2)3/h43-45H,6-42H2,1-5H3/t45-/m1/s1. The lowest BCUT2D eigenvalue weighted by Gasteiger charge is -2.18. The largest absolute Gasteiger partial charge is 0.462 e. The van der Waals surface area contributed by atoms with Gasteiger partial charge < -0.3 is 14.2 Å². The van der Waals surface area contributed by atoms with Crippen molar-refractivity contribution in [2.75, 3.05) is 13.2 Å². The lowest BCUT2D eigenvalue weighted by molar-refractivity contribution is -0.167. The molecule has 0 aromatic carbocycles. The molecular weight excluding hydrogens is 673 g/mol. The molecule has 0 heterocycles. The number of carbonyl (C=O) groups excluding carboxylic acids is 3. The molecular formula is C48H92O6. The number of ether oxygens (including phenoxy) is 3. The number of hydrogen-bond acceptors (Lipinski definition) is 6. The highest BCUT2D eigenvalue weighted by atomic mass is 16.6. The van der Waals surface area contributed by atoms with E-state index in [1.54, 1.807) is 0 Å². The summed E-state index contributed by atoms with van der Waals surface area (Å²) >= 11 is 0. The molecule has 0 aromatic heterocycles. The van der Waals surface area contributed by atoms with E-state index in [1.807, 2.05) is 0 Å². The van der Waals surface area contributed by atoms with Crippen LogP contribution in [0, 0.1) is 11.8 Å². The van der Waals surface area contributed by atoms with Crippen molar-refractivity contribution in [3.63, 3.8) is 0 Å². The van der Waals surface area contributed by atoms with Gasteiger partial charge in [-0.15, -0.1) is 0 Å². The lowest BCUT2D eigenvalue weighted by atomic mass is 10.0. The summed E-state index contributed by atoms with van der Waals surface area (Å²) in [4.78, 5) is 37.7. The molecule has 0 bridgehead atoms. The monoisotopic (exact) mass is 765 g/mol. The first-order chi connectivity index (χ1) is 26.2. The van der Waals surface area contributed by atoms with Crippen LogP contribution >= 0.6 is 0 Å². The number of rotatable bonds is 42. The summed E-state index contributed by atoms with van der Waals surface area (Å²) in [5.74, 6) is 0.777. The van der Waals surface area contributed by atoms with Crippen molar-refractivity contribution in [1.29, 1.82) is 0 Å². The average molecular weight is 765 g/mol. The Labute approximate surface area is 336 Å². The molecule has 0 unspecified atom stereocenters. The van der Waals surface area contributed by atoms with Crippen molar-refractivity contribution in [3.05, 3.63) is 0 Å². The van der Waals surface area contributed by atoms with Crippen LogP contribution in [0.15, 0.2) is 0 Å². The molecule has 54 heavy (non-hydrogen) atoms. The molecule has 0 radical (unpaired) electrons. The van der Waals surface area contributed by atoms with Crippen LogP contribution in [0.25, 0.3) is 0 Å². The van der Waals surface area contributed by atoms with Gasteiger partial charge in [0.15, 0.2) is 6.10 Å². The molecule has 0 N–H and O–H groups in total. The molecule has 6 nitrogen and oxygen atoms in total. The number of hydrogen-bond donors (Lipinski definition) is 0. The van der Waals surface area contributed by atoms with Crippen molar-refractivity contribution in [1.82, 2.24) is 0 Å². The first kappa shape index (κ1) is 52.4. The SMILES string of the molecule is CCCCCCCCCCCCC(=O)OC[C@H](COC(=O)CCCCCCCCCCCC(C)C)OC(=O)CCCCCCCCCCCCCC(C)C. The summed E-state index contributed by atoms with van der Waals surface area (Å²) in [5.41, 5.74) is 0. The maximum atomic E-state index is 12.7. The predicted molar refractivity (Wildman–Crippen MR) is 229 cm³/mol. The number of carbonyl (C=O) groups is 3. The minimum atomic E-state index is -0.760. The Bertz CT molecular complexity index is 824. The van der Waals surface area contributed by atoms with E-state index in [-0.39, 0.29) is 31.1 Å². The zero-order valence-electron chi connectivity index (χ0n) is 36.8. The molecule has 0 saturated heterocycles. The Morgan fingerprint density at radius 2 is 0.611 bits per heavy atom. The Morgan fingerprint density at radius 1 is 0.352 bits per heavy atom. The van der Waals surface area contributed by atoms with Gasteiger partial charge in [-0.1, -0.05) is 221 Å². The maximum Gasteiger partial charge on any atom is 0.306 e. The lowest BCUT2D eigenvalue weighted by Crippen LogP contribution is -2.30. The molecule has 0 spiro atoms. The van der Waals surface area contributed by atoms with Gasteiger partial charge in [-0.25, -0.2) is 0 Å². The minimum absolute atomic E-state index is 0.0647. The van der Waals surface area contributed by atoms with E-state index < -0.39 is 6.10 Å². The fourth-order valence-corrected chi connectivity index (χ4v) is 7.11. The Hall–Kier alpha value is -1.59. The van der Waals surface area contributed by atoms with Crippen LogP contribution in [-0.4, -0.2) is 37.2 Å². The van der Waals surface area contributed by atoms with Crippen LogP contribution in [0.3, 0.4) is 0 Å². The second-order valence-electron chi connectivity index (χ2n) is 17.3. The molecule has 0 aliphatic heterocycles. The Kier molecular flexibility index (Phi) is 39.8. The van der Waals surface area contributed by atoms with Gasteiger partial charge in [0.05, 0.1) is 0 Å². The summed E-state index contributed by atoms with van der Waals surface area (Å²) in [6.45, 7) is 11.3. The van der Waals surface area contributed by atoms with Crippen LogP contribution in [0.4, 0.5) is 0 Å². The topological polar surface area (TPSA) is 78.9 Å². The first-order valence-corrected chi connectivity index (χ1v) is 23.7. The molecule has 6 heteroatoms. The van der Waals surface area contributed by atoms with Crippen LogP contribution in [-0.2, 0) is 28.6 Å². The van der Waals surface area contributed by atoms with Crippen molar-refractivity contribution in [2.45, 2.75) is 265 Å². The zero-order chi connectivity index (χ0) is 39.7. The van der Waals surface area contributed by atoms with Gasteiger partial charge in [-0.2, -0.15) is 0 Å². The van der Waals surface area contributed by atoms with Gasteiger partial charge in [-0.3, -0.25) is 14.4 Å². The van der Waals surface area contributed by atoms with Crippen molar-refractivity contribution in [2.24, 2.45) is 11.8 Å². The van der Waals surface area contributed by atoms with Crippen LogP contribution in [0.5, 0.6) is 0 Å². The van der Waals surface area contributed by atoms with E-state index >= 15 is 0 Å². The highest BCUT2D eigenvalue weighted by molar-refractivity contribution is 5.71. The smallest absolute Gasteiger partial charge is 0.306 e. The molecule has 320 valence electrons. The molecule has 0 fully saturated rings. The average Bonchev–Trinajstić information content (AvgIpc) is 3.14. The zero-order valence-corrected chi connectivity index (χ0v) is 36.8. The summed E-state index contributed by atoms with van der Waals surface area (Å²) < 4.78 is 16.7. The molecule has 0 aromatic rings. The Balaban J connectivity index is 4.33. The molecule has 0 aliphatic carbocycles. The first-order valence-electron chi connectivity index (χ1n) is 23.7. The van der Waals surface area contributed by atoms with Crippen molar-refractivity contribution in [3.8, 4) is 0 Å². The summed E-state index contributed by atoms with van der Waals surface area (Å²) in [6, 6.07) is 0. The van der Waals surface area contributed by atoms with Crippen LogP contribution < -0.4 is 0 Å². The number of esters is 3. The van der Waals surface area contributed by atoms with Gasteiger partial charge in [-0.05, 0) is 31.1 Å². The third-order valence-corrected chi connectivity index (χ3v) is 10.7. The summed E-state index contributed by atoms with van der Waals surface area (Å²) in [6.07, 6.45) is 39.4. The summed E-state index contributed by atoms with van der Waals surface area (Å²) in [5, 5.41) is 0. The van der Waals surface area contributed by atoms with Crippen molar-refractivity contribution >= 4 is 17.9 Å². The fourth-order valence-electron chi connectivity index (χ4n) is 7.11. The summed E-state index contributed by atoms with van der Waals surface area (Å²) in [7, 11) is 0. The molecule has 0 saturated carbocycles. The van der Waals surface area contributed by atoms with Crippen LogP contribution in [0.2, 0.25) is 0 Å². The second-order valence-corrected chi connectivity index (χ2v) is 17.3. The third kappa shape index (κ3) is 41.6. The maximum absolute atomic E-state index is 12.7. The quantitative estimate of drug-likeness (QED) is 0.0350. The highest BCUT2D eigenvalue weighted by Gasteiger charge is 2.19. The normalized spacial score (nSPS) is 12.1. The van der Waals surface area contributed by atoms with E-state index in [2.05, 4.69) is 34.6 Å². The third-order valence-electron chi connectivity index (χ3n) is 10.7. The Morgan fingerprint density at radius 3 is 0.907 bits per heavy atom.